The molecule has 0 aromatic carbocycles. The number of nitrogens with two attached hydrogens (primary N) is 1. The van der Waals surface area contributed by atoms with Crippen molar-refractivity contribution >= 4 is 23.7 Å². The highest BCUT2D eigenvalue weighted by Crippen LogP contribution is 2.04. The molecule has 0 spiro atoms. The van der Waals surface area contributed by atoms with E-state index in [9.17, 15) is 19.2 Å². The fourth-order valence-electron chi connectivity index (χ4n) is 2.60. The molecule has 0 aliphatic rings. The molecule has 0 fully saturated rings. The average molecular weight is 434 g/mol. The Bertz CT molecular complexity index is 881. The van der Waals surface area contributed by atoms with E-state index in [-0.39, 0.29) is 12.8 Å². The summed E-state index contributed by atoms with van der Waals surface area (Å²) in [4.78, 5) is 62.2. The molecule has 2 aromatic heterocycles. The summed E-state index contributed by atoms with van der Waals surface area (Å²) in [5.74, 6) is -3.11. The summed E-state index contributed by atoms with van der Waals surface area (Å²) in [5, 5.41) is 16.5. The van der Waals surface area contributed by atoms with Crippen molar-refractivity contribution < 1.29 is 24.3 Å². The zero-order valence-electron chi connectivity index (χ0n) is 17.1. The second kappa shape index (κ2) is 10.9. The number of hydrogen-bond acceptors (Lipinski definition) is 7. The number of hydrogen-bond donors (Lipinski definition) is 7. The predicted octanol–water partition coefficient (Wildman–Crippen LogP) is -2.18. The van der Waals surface area contributed by atoms with Gasteiger partial charge in [0.25, 0.3) is 0 Å². The van der Waals surface area contributed by atoms with Gasteiger partial charge in [-0.15, -0.1) is 0 Å². The molecule has 13 nitrogen and oxygen atoms in total. The number of aromatic amines is 2. The van der Waals surface area contributed by atoms with Gasteiger partial charge in [-0.3, -0.25) is 19.2 Å². The van der Waals surface area contributed by atoms with Crippen LogP contribution >= 0.6 is 0 Å². The largest absolute Gasteiger partial charge is 0.480 e. The van der Waals surface area contributed by atoms with E-state index in [1.165, 1.54) is 38.9 Å². The number of imidazole rings is 2. The molecule has 4 atom stereocenters. The maximum atomic E-state index is 13.0. The monoisotopic (exact) mass is 434 g/mol. The maximum Gasteiger partial charge on any atom is 0.325 e. The number of nitrogens with zero attached hydrogens (tertiary/aromatic N) is 2. The van der Waals surface area contributed by atoms with Crippen molar-refractivity contribution in [3.05, 3.63) is 36.4 Å². The Morgan fingerprint density at radius 1 is 0.903 bits per heavy atom. The second-order valence-electron chi connectivity index (χ2n) is 7.04. The van der Waals surface area contributed by atoms with Gasteiger partial charge in [0, 0.05) is 36.6 Å². The molecule has 2 aromatic rings. The molecule has 4 unspecified atom stereocenters. The SMILES string of the molecule is CC(N)C(=O)NC(Cc1cnc[nH]1)C(=O)NC(Cc1cnc[nH]1)C(=O)NC(C)C(=O)O. The second-order valence-corrected chi connectivity index (χ2v) is 7.04. The van der Waals surface area contributed by atoms with Crippen LogP contribution in [0.4, 0.5) is 0 Å². The first-order valence-electron chi connectivity index (χ1n) is 9.51. The first-order chi connectivity index (χ1) is 14.7. The highest BCUT2D eigenvalue weighted by Gasteiger charge is 2.29. The Morgan fingerprint density at radius 3 is 1.74 bits per heavy atom. The lowest BCUT2D eigenvalue weighted by molar-refractivity contribution is -0.141. The minimum Gasteiger partial charge on any atom is -0.480 e. The fraction of sp³-hybridized carbons (Fsp3) is 0.444. The van der Waals surface area contributed by atoms with Crippen molar-refractivity contribution in [1.29, 1.82) is 0 Å². The number of nitrogens with one attached hydrogen (secondary N) is 5. The molecule has 13 heteroatoms. The summed E-state index contributed by atoms with van der Waals surface area (Å²) in [7, 11) is 0. The van der Waals surface area contributed by atoms with Crippen molar-refractivity contribution in [1.82, 2.24) is 35.9 Å². The van der Waals surface area contributed by atoms with Gasteiger partial charge in [-0.25, -0.2) is 9.97 Å². The zero-order chi connectivity index (χ0) is 23.0. The Labute approximate surface area is 177 Å². The average Bonchev–Trinajstić information content (AvgIpc) is 3.40. The zero-order valence-corrected chi connectivity index (χ0v) is 17.1. The van der Waals surface area contributed by atoms with Crippen molar-refractivity contribution in [2.24, 2.45) is 5.73 Å². The maximum absolute atomic E-state index is 13.0. The smallest absolute Gasteiger partial charge is 0.325 e. The summed E-state index contributed by atoms with van der Waals surface area (Å²) >= 11 is 0. The molecule has 31 heavy (non-hydrogen) atoms. The van der Waals surface area contributed by atoms with Crippen LogP contribution < -0.4 is 21.7 Å². The number of amides is 3. The van der Waals surface area contributed by atoms with Gasteiger partial charge < -0.3 is 36.8 Å². The van der Waals surface area contributed by atoms with Gasteiger partial charge in [-0.2, -0.15) is 0 Å². The van der Waals surface area contributed by atoms with E-state index in [0.29, 0.717) is 11.4 Å². The lowest BCUT2D eigenvalue weighted by Gasteiger charge is -2.24. The first-order valence-corrected chi connectivity index (χ1v) is 9.51. The van der Waals surface area contributed by atoms with Crippen LogP contribution in [0.25, 0.3) is 0 Å². The van der Waals surface area contributed by atoms with Crippen molar-refractivity contribution in [2.45, 2.75) is 50.9 Å². The van der Waals surface area contributed by atoms with Crippen LogP contribution in [0.1, 0.15) is 25.2 Å². The molecule has 0 saturated heterocycles. The molecule has 0 radical (unpaired) electrons. The number of carboxylic acid groups (broad SMARTS) is 1. The molecule has 0 saturated carbocycles. The van der Waals surface area contributed by atoms with Gasteiger partial charge in [-0.1, -0.05) is 0 Å². The van der Waals surface area contributed by atoms with E-state index < -0.39 is 47.9 Å². The number of rotatable bonds is 11. The summed E-state index contributed by atoms with van der Waals surface area (Å²) in [6.45, 7) is 2.78. The molecular formula is C18H26N8O5. The predicted molar refractivity (Wildman–Crippen MR) is 107 cm³/mol. The van der Waals surface area contributed by atoms with E-state index in [0.717, 1.165) is 0 Å². The van der Waals surface area contributed by atoms with Gasteiger partial charge in [0.05, 0.1) is 18.7 Å². The molecule has 2 rings (SSSR count). The number of carboxylic acids is 1. The quantitative estimate of drug-likeness (QED) is 0.206. The first kappa shape index (κ1) is 23.5. The van der Waals surface area contributed by atoms with E-state index in [2.05, 4.69) is 35.9 Å². The van der Waals surface area contributed by atoms with E-state index in [1.807, 2.05) is 0 Å². The van der Waals surface area contributed by atoms with Crippen LogP contribution in [0.3, 0.4) is 0 Å². The normalized spacial score (nSPS) is 14.7. The Hall–Kier alpha value is -3.74. The Morgan fingerprint density at radius 2 is 1.35 bits per heavy atom. The van der Waals surface area contributed by atoms with Crippen LogP contribution in [0.15, 0.2) is 25.0 Å². The molecule has 168 valence electrons. The molecule has 3 amide bonds. The van der Waals surface area contributed by atoms with Crippen molar-refractivity contribution in [3.8, 4) is 0 Å². The van der Waals surface area contributed by atoms with Gasteiger partial charge in [0.1, 0.15) is 18.1 Å². The molecule has 0 aliphatic carbocycles. The van der Waals surface area contributed by atoms with Gasteiger partial charge >= 0.3 is 5.97 Å². The summed E-state index contributed by atoms with van der Waals surface area (Å²) in [6, 6.07) is -4.18. The fourth-order valence-corrected chi connectivity index (χ4v) is 2.60. The summed E-state index contributed by atoms with van der Waals surface area (Å²) < 4.78 is 0. The highest BCUT2D eigenvalue weighted by molar-refractivity contribution is 5.94. The standard InChI is InChI=1S/C18H26N8O5/c1-9(19)15(27)25-14(4-12-6-21-8-23-12)17(29)26-13(3-11-5-20-7-22-11)16(28)24-10(2)18(30)31/h5-10,13-14H,3-4,19H2,1-2H3,(H,20,22)(H,21,23)(H,24,28)(H,25,27)(H,26,29)(H,30,31). The Balaban J connectivity index is 2.18. The van der Waals surface area contributed by atoms with Crippen molar-refractivity contribution in [3.63, 3.8) is 0 Å². The minimum atomic E-state index is -1.22. The van der Waals surface area contributed by atoms with Gasteiger partial charge in [0.15, 0.2) is 0 Å². The van der Waals surface area contributed by atoms with Crippen LogP contribution in [0, 0.1) is 0 Å². The third kappa shape index (κ3) is 7.22. The highest BCUT2D eigenvalue weighted by atomic mass is 16.4. The molecule has 8 N–H and O–H groups in total. The number of aliphatic carboxylic acids is 1. The van der Waals surface area contributed by atoms with Crippen LogP contribution in [0.2, 0.25) is 0 Å². The summed E-state index contributed by atoms with van der Waals surface area (Å²) in [5.41, 5.74) is 6.72. The van der Waals surface area contributed by atoms with Gasteiger partial charge in [-0.05, 0) is 13.8 Å². The van der Waals surface area contributed by atoms with Crippen LogP contribution in [0.5, 0.6) is 0 Å². The van der Waals surface area contributed by atoms with Gasteiger partial charge in [0.2, 0.25) is 17.7 Å². The third-order valence-electron chi connectivity index (χ3n) is 4.37. The number of H-pyrrole nitrogens is 2. The minimum absolute atomic E-state index is 0.0297. The third-order valence-corrected chi connectivity index (χ3v) is 4.37. The van der Waals surface area contributed by atoms with E-state index in [1.54, 1.807) is 0 Å². The van der Waals surface area contributed by atoms with Crippen molar-refractivity contribution in [2.75, 3.05) is 0 Å². The van der Waals surface area contributed by atoms with E-state index in [4.69, 9.17) is 10.8 Å². The topological polar surface area (TPSA) is 208 Å². The molecular weight excluding hydrogens is 408 g/mol. The lowest BCUT2D eigenvalue weighted by atomic mass is 10.1. The Kier molecular flexibility index (Phi) is 8.25. The van der Waals surface area contributed by atoms with Crippen LogP contribution in [-0.2, 0) is 32.0 Å². The summed E-state index contributed by atoms with van der Waals surface area (Å²) in [6.07, 6.45) is 5.93. The molecule has 2 heterocycles. The molecule has 0 bridgehead atoms. The van der Waals surface area contributed by atoms with E-state index >= 15 is 0 Å². The lowest BCUT2D eigenvalue weighted by Crippen LogP contribution is -2.57. The number of aromatic nitrogens is 4. The van der Waals surface area contributed by atoms with Crippen LogP contribution in [-0.4, -0.2) is 72.9 Å². The molecule has 0 aliphatic heterocycles. The number of carbonyl (C=O) groups is 4. The number of carbonyl (C=O) groups excluding carboxylic acids is 3.